The first-order valence-electron chi connectivity index (χ1n) is 6.36. The monoisotopic (exact) mass is 318 g/mol. The molecule has 0 atom stereocenters. The van der Waals surface area contributed by atoms with Crippen LogP contribution in [-0.4, -0.2) is 24.5 Å². The van der Waals surface area contributed by atoms with Crippen molar-refractivity contribution in [1.82, 2.24) is 10.5 Å². The number of hydroxylamine groups is 1. The van der Waals surface area contributed by atoms with E-state index >= 15 is 0 Å². The fourth-order valence-electron chi connectivity index (χ4n) is 1.76. The van der Waals surface area contributed by atoms with Crippen molar-refractivity contribution in [2.24, 2.45) is 0 Å². The largest absolute Gasteiger partial charge is 0.288 e. The summed E-state index contributed by atoms with van der Waals surface area (Å²) < 4.78 is 24.4. The molecule has 0 aliphatic heterocycles. The van der Waals surface area contributed by atoms with Gasteiger partial charge in [0.1, 0.15) is 0 Å². The SMILES string of the molecule is O=C(C=Cc1ccc(CS(=O)(=O)c2ccccn2)cc1)NO. The molecular weight excluding hydrogens is 304 g/mol. The van der Waals surface area contributed by atoms with Gasteiger partial charge in [0.2, 0.25) is 0 Å². The zero-order valence-corrected chi connectivity index (χ0v) is 12.3. The predicted octanol–water partition coefficient (Wildman–Crippen LogP) is 1.57. The molecule has 2 rings (SSSR count). The molecule has 0 fully saturated rings. The van der Waals surface area contributed by atoms with Gasteiger partial charge in [-0.2, -0.15) is 0 Å². The number of hydrogen-bond donors (Lipinski definition) is 2. The lowest BCUT2D eigenvalue weighted by Crippen LogP contribution is -2.14. The molecule has 0 saturated heterocycles. The van der Waals surface area contributed by atoms with E-state index in [-0.39, 0.29) is 10.8 Å². The Labute approximate surface area is 128 Å². The van der Waals surface area contributed by atoms with Crippen LogP contribution in [0.25, 0.3) is 6.08 Å². The van der Waals surface area contributed by atoms with Crippen LogP contribution in [0.4, 0.5) is 0 Å². The third-order valence-electron chi connectivity index (χ3n) is 2.83. The highest BCUT2D eigenvalue weighted by Gasteiger charge is 2.16. The van der Waals surface area contributed by atoms with Gasteiger partial charge in [0.05, 0.1) is 5.75 Å². The van der Waals surface area contributed by atoms with E-state index in [2.05, 4.69) is 4.98 Å². The molecule has 0 bridgehead atoms. The summed E-state index contributed by atoms with van der Waals surface area (Å²) in [7, 11) is -3.48. The van der Waals surface area contributed by atoms with Gasteiger partial charge in [-0.3, -0.25) is 10.0 Å². The van der Waals surface area contributed by atoms with Crippen molar-refractivity contribution in [3.63, 3.8) is 0 Å². The molecule has 2 aromatic rings. The number of nitrogens with one attached hydrogen (secondary N) is 1. The minimum absolute atomic E-state index is 0.0404. The first-order valence-corrected chi connectivity index (χ1v) is 8.01. The number of sulfone groups is 1. The number of aromatic nitrogens is 1. The summed E-state index contributed by atoms with van der Waals surface area (Å²) in [5, 5.41) is 8.41. The van der Waals surface area contributed by atoms with Gasteiger partial charge in [-0.1, -0.05) is 30.3 Å². The maximum Gasteiger partial charge on any atom is 0.267 e. The molecule has 1 heterocycles. The van der Waals surface area contributed by atoms with E-state index in [9.17, 15) is 13.2 Å². The van der Waals surface area contributed by atoms with Gasteiger partial charge in [0, 0.05) is 12.3 Å². The van der Waals surface area contributed by atoms with Crippen LogP contribution in [-0.2, 0) is 20.4 Å². The maximum atomic E-state index is 12.2. The highest BCUT2D eigenvalue weighted by atomic mass is 32.2. The Morgan fingerprint density at radius 1 is 1.18 bits per heavy atom. The quantitative estimate of drug-likeness (QED) is 0.495. The number of hydrogen-bond acceptors (Lipinski definition) is 5. The number of carbonyl (C=O) groups excluding carboxylic acids is 1. The standard InChI is InChI=1S/C15H14N2O4S/c18-14(17-19)9-8-12-4-6-13(7-5-12)11-22(20,21)15-3-1-2-10-16-15/h1-10,19H,11H2,(H,17,18). The average molecular weight is 318 g/mol. The number of pyridine rings is 1. The van der Waals surface area contributed by atoms with Gasteiger partial charge in [-0.25, -0.2) is 18.9 Å². The predicted molar refractivity (Wildman–Crippen MR) is 80.5 cm³/mol. The van der Waals surface area contributed by atoms with Crippen LogP contribution in [0.3, 0.4) is 0 Å². The van der Waals surface area contributed by atoms with Gasteiger partial charge >= 0.3 is 0 Å². The molecule has 0 unspecified atom stereocenters. The molecule has 1 amide bonds. The molecule has 114 valence electrons. The second-order valence-corrected chi connectivity index (χ2v) is 6.41. The van der Waals surface area contributed by atoms with Gasteiger partial charge < -0.3 is 0 Å². The number of carbonyl (C=O) groups is 1. The molecule has 6 nitrogen and oxygen atoms in total. The van der Waals surface area contributed by atoms with Crippen LogP contribution < -0.4 is 5.48 Å². The molecule has 2 N–H and O–H groups in total. The molecule has 0 spiro atoms. The maximum absolute atomic E-state index is 12.2. The summed E-state index contributed by atoms with van der Waals surface area (Å²) in [5.41, 5.74) is 2.81. The summed E-state index contributed by atoms with van der Waals surface area (Å²) in [5.74, 6) is -0.785. The number of rotatable bonds is 5. The second kappa shape index (κ2) is 6.97. The van der Waals surface area contributed by atoms with Crippen LogP contribution in [0.5, 0.6) is 0 Å². The third-order valence-corrected chi connectivity index (χ3v) is 4.42. The van der Waals surface area contributed by atoms with Gasteiger partial charge in [0.15, 0.2) is 14.9 Å². The molecule has 0 saturated carbocycles. The summed E-state index contributed by atoms with van der Waals surface area (Å²) in [6.45, 7) is 0. The number of amides is 1. The first kappa shape index (κ1) is 15.9. The Morgan fingerprint density at radius 3 is 2.50 bits per heavy atom. The highest BCUT2D eigenvalue weighted by molar-refractivity contribution is 7.90. The van der Waals surface area contributed by atoms with E-state index in [0.717, 1.165) is 0 Å². The van der Waals surface area contributed by atoms with Gasteiger partial charge in [0.25, 0.3) is 5.91 Å². The van der Waals surface area contributed by atoms with Crippen LogP contribution in [0.2, 0.25) is 0 Å². The smallest absolute Gasteiger partial charge is 0.267 e. The van der Waals surface area contributed by atoms with Crippen molar-refractivity contribution in [3.8, 4) is 0 Å². The molecule has 7 heteroatoms. The summed E-state index contributed by atoms with van der Waals surface area (Å²) in [6, 6.07) is 11.4. The van der Waals surface area contributed by atoms with E-state index in [0.29, 0.717) is 11.1 Å². The van der Waals surface area contributed by atoms with E-state index in [1.165, 1.54) is 29.9 Å². The Morgan fingerprint density at radius 2 is 1.91 bits per heavy atom. The number of nitrogens with zero attached hydrogens (tertiary/aromatic N) is 1. The van der Waals surface area contributed by atoms with Crippen LogP contribution in [0, 0.1) is 0 Å². The van der Waals surface area contributed by atoms with Crippen molar-refractivity contribution in [2.45, 2.75) is 10.8 Å². The van der Waals surface area contributed by atoms with E-state index in [4.69, 9.17) is 5.21 Å². The van der Waals surface area contributed by atoms with Crippen molar-refractivity contribution in [2.75, 3.05) is 0 Å². The lowest BCUT2D eigenvalue weighted by atomic mass is 10.1. The van der Waals surface area contributed by atoms with Crippen molar-refractivity contribution in [3.05, 3.63) is 65.9 Å². The minimum atomic E-state index is -3.48. The first-order chi connectivity index (χ1) is 10.5. The minimum Gasteiger partial charge on any atom is -0.288 e. The van der Waals surface area contributed by atoms with Gasteiger partial charge in [-0.15, -0.1) is 0 Å². The van der Waals surface area contributed by atoms with E-state index in [1.54, 1.807) is 36.4 Å². The zero-order valence-electron chi connectivity index (χ0n) is 11.5. The summed E-state index contributed by atoms with van der Waals surface area (Å²) in [6.07, 6.45) is 4.11. The fourth-order valence-corrected chi connectivity index (χ4v) is 3.05. The number of benzene rings is 1. The second-order valence-electron chi connectivity index (χ2n) is 4.48. The molecule has 1 aromatic carbocycles. The third kappa shape index (κ3) is 4.24. The topological polar surface area (TPSA) is 96.4 Å². The Bertz CT molecular complexity index is 769. The fraction of sp³-hybridized carbons (Fsp3) is 0.0667. The van der Waals surface area contributed by atoms with Crippen molar-refractivity contribution >= 4 is 21.8 Å². The molecule has 1 aromatic heterocycles. The van der Waals surface area contributed by atoms with Crippen LogP contribution >= 0.6 is 0 Å². The average Bonchev–Trinajstić information content (AvgIpc) is 2.54. The molecule has 0 aliphatic carbocycles. The highest BCUT2D eigenvalue weighted by Crippen LogP contribution is 2.15. The normalized spacial score (nSPS) is 11.5. The zero-order chi connectivity index (χ0) is 16.0. The molecular formula is C15H14N2O4S. The molecule has 0 radical (unpaired) electrons. The lowest BCUT2D eigenvalue weighted by Gasteiger charge is -2.04. The summed E-state index contributed by atoms with van der Waals surface area (Å²) >= 11 is 0. The van der Waals surface area contributed by atoms with Gasteiger partial charge in [-0.05, 0) is 29.3 Å². The Hall–Kier alpha value is -2.51. The van der Waals surface area contributed by atoms with E-state index < -0.39 is 15.7 Å². The van der Waals surface area contributed by atoms with Crippen molar-refractivity contribution < 1.29 is 18.4 Å². The van der Waals surface area contributed by atoms with Crippen LogP contribution in [0.1, 0.15) is 11.1 Å². The molecule has 22 heavy (non-hydrogen) atoms. The molecule has 0 aliphatic rings. The van der Waals surface area contributed by atoms with Crippen LogP contribution in [0.15, 0.2) is 59.8 Å². The lowest BCUT2D eigenvalue weighted by molar-refractivity contribution is -0.124. The van der Waals surface area contributed by atoms with E-state index in [1.807, 2.05) is 0 Å². The Balaban J connectivity index is 2.12. The van der Waals surface area contributed by atoms with Crippen molar-refractivity contribution in [1.29, 1.82) is 0 Å². The summed E-state index contributed by atoms with van der Waals surface area (Å²) in [4.78, 5) is 14.7. The Kier molecular flexibility index (Phi) is 5.03.